The third-order valence-corrected chi connectivity index (χ3v) is 11.8. The number of aromatic nitrogens is 3. The van der Waals surface area contributed by atoms with Crippen molar-refractivity contribution in [3.63, 3.8) is 0 Å². The lowest BCUT2D eigenvalue weighted by Gasteiger charge is -2.34. The molecule has 0 atom stereocenters. The number of benzene rings is 9. The molecule has 9 aromatic carbocycles. The van der Waals surface area contributed by atoms with Crippen LogP contribution in [-0.4, -0.2) is 15.0 Å². The summed E-state index contributed by atoms with van der Waals surface area (Å²) in [5.41, 5.74) is 14.3. The molecule has 0 fully saturated rings. The summed E-state index contributed by atoms with van der Waals surface area (Å²) in [4.78, 5) is 15.7. The van der Waals surface area contributed by atoms with E-state index in [0.717, 1.165) is 44.2 Å². The molecule has 1 heterocycles. The third kappa shape index (κ3) is 5.78. The zero-order chi connectivity index (χ0) is 39.2. The van der Waals surface area contributed by atoms with E-state index in [1.807, 2.05) is 24.3 Å². The van der Waals surface area contributed by atoms with Gasteiger partial charge in [-0.15, -0.1) is 0 Å². The Labute approximate surface area is 344 Å². The first kappa shape index (κ1) is 34.5. The van der Waals surface area contributed by atoms with Gasteiger partial charge >= 0.3 is 0 Å². The van der Waals surface area contributed by atoms with E-state index in [1.54, 1.807) is 0 Å². The molecule has 0 spiro atoms. The van der Waals surface area contributed by atoms with Gasteiger partial charge in [0.2, 0.25) is 0 Å². The zero-order valence-corrected chi connectivity index (χ0v) is 32.2. The fourth-order valence-corrected chi connectivity index (χ4v) is 9.15. The lowest BCUT2D eigenvalue weighted by molar-refractivity contribution is 0.769. The van der Waals surface area contributed by atoms with E-state index in [-0.39, 0.29) is 0 Å². The summed E-state index contributed by atoms with van der Waals surface area (Å²) >= 11 is 0. The molecule has 0 unspecified atom stereocenters. The van der Waals surface area contributed by atoms with Crippen LogP contribution in [0.15, 0.2) is 224 Å². The van der Waals surface area contributed by atoms with E-state index >= 15 is 0 Å². The monoisotopic (exact) mass is 751 g/mol. The van der Waals surface area contributed by atoms with Crippen LogP contribution < -0.4 is 0 Å². The van der Waals surface area contributed by atoms with Crippen LogP contribution in [0.3, 0.4) is 0 Å². The molecule has 3 heteroatoms. The average molecular weight is 752 g/mol. The number of nitrogens with zero attached hydrogens (tertiary/aromatic N) is 3. The highest BCUT2D eigenvalue weighted by Gasteiger charge is 2.46. The second-order valence-corrected chi connectivity index (χ2v) is 15.1. The van der Waals surface area contributed by atoms with Gasteiger partial charge in [-0.3, -0.25) is 0 Å². The maximum atomic E-state index is 5.30. The predicted octanol–water partition coefficient (Wildman–Crippen LogP) is 13.7. The Bertz CT molecular complexity index is 3080. The van der Waals surface area contributed by atoms with Crippen molar-refractivity contribution in [3.8, 4) is 67.5 Å². The molecular weight excluding hydrogens is 715 g/mol. The minimum atomic E-state index is -0.526. The Balaban J connectivity index is 1.16. The lowest BCUT2D eigenvalue weighted by atomic mass is 9.67. The van der Waals surface area contributed by atoms with Gasteiger partial charge in [0.1, 0.15) is 0 Å². The van der Waals surface area contributed by atoms with Crippen LogP contribution in [0, 0.1) is 0 Å². The molecule has 0 bridgehead atoms. The molecule has 0 saturated heterocycles. The summed E-state index contributed by atoms with van der Waals surface area (Å²) in [7, 11) is 0. The molecule has 11 rings (SSSR count). The fourth-order valence-electron chi connectivity index (χ4n) is 9.15. The van der Waals surface area contributed by atoms with E-state index < -0.39 is 5.41 Å². The van der Waals surface area contributed by atoms with Gasteiger partial charge in [0.15, 0.2) is 17.5 Å². The van der Waals surface area contributed by atoms with Gasteiger partial charge in [0.05, 0.1) is 5.41 Å². The highest BCUT2D eigenvalue weighted by Crippen LogP contribution is 2.57. The first-order valence-electron chi connectivity index (χ1n) is 20.1. The standard InChI is InChI=1S/C56H37N3/c1-5-17-38(18-6-1)39-29-31-42(32-30-39)54-57-53(41-20-7-2-8-21-41)58-55(59-54)49-36-33-40-19-13-14-26-46(40)52(49)43-34-35-48-47-27-15-16-28-50(47)56(51(48)37-43,44-22-9-3-10-23-44)45-24-11-4-12-25-45/h1-37H. The summed E-state index contributed by atoms with van der Waals surface area (Å²) in [6.07, 6.45) is 0. The van der Waals surface area contributed by atoms with Crippen molar-refractivity contribution >= 4 is 10.8 Å². The van der Waals surface area contributed by atoms with Gasteiger partial charge in [-0.05, 0) is 73.0 Å². The summed E-state index contributed by atoms with van der Waals surface area (Å²) in [5.74, 6) is 1.89. The van der Waals surface area contributed by atoms with Crippen LogP contribution in [0.2, 0.25) is 0 Å². The SMILES string of the molecule is c1ccc(-c2ccc(-c3nc(-c4ccccc4)nc(-c4ccc5ccccc5c4-c4ccc5c(c4)C(c4ccccc4)(c4ccccc4)c4ccccc4-5)n3)cc2)cc1. The second-order valence-electron chi connectivity index (χ2n) is 15.1. The Morgan fingerprint density at radius 1 is 0.288 bits per heavy atom. The molecule has 0 saturated carbocycles. The Morgan fingerprint density at radius 2 is 0.746 bits per heavy atom. The molecule has 0 aliphatic heterocycles. The molecular formula is C56H37N3. The number of hydrogen-bond donors (Lipinski definition) is 0. The lowest BCUT2D eigenvalue weighted by Crippen LogP contribution is -2.28. The highest BCUT2D eigenvalue weighted by atomic mass is 15.0. The van der Waals surface area contributed by atoms with Crippen LogP contribution in [0.4, 0.5) is 0 Å². The molecule has 0 N–H and O–H groups in total. The molecule has 1 aliphatic rings. The minimum Gasteiger partial charge on any atom is -0.208 e. The predicted molar refractivity (Wildman–Crippen MR) is 242 cm³/mol. The number of rotatable bonds is 7. The van der Waals surface area contributed by atoms with Crippen LogP contribution >= 0.6 is 0 Å². The highest BCUT2D eigenvalue weighted by molar-refractivity contribution is 6.04. The van der Waals surface area contributed by atoms with E-state index in [9.17, 15) is 0 Å². The van der Waals surface area contributed by atoms with Crippen molar-refractivity contribution in [3.05, 3.63) is 247 Å². The van der Waals surface area contributed by atoms with Gasteiger partial charge in [-0.25, -0.2) is 15.0 Å². The maximum Gasteiger partial charge on any atom is 0.164 e. The molecule has 276 valence electrons. The third-order valence-electron chi connectivity index (χ3n) is 11.8. The minimum absolute atomic E-state index is 0.526. The Morgan fingerprint density at radius 3 is 1.42 bits per heavy atom. The number of fused-ring (bicyclic) bond motifs is 4. The van der Waals surface area contributed by atoms with Crippen LogP contribution in [0.25, 0.3) is 78.3 Å². The van der Waals surface area contributed by atoms with Crippen LogP contribution in [0.1, 0.15) is 22.3 Å². The quantitative estimate of drug-likeness (QED) is 0.163. The molecule has 10 aromatic rings. The van der Waals surface area contributed by atoms with E-state index in [4.69, 9.17) is 15.0 Å². The van der Waals surface area contributed by atoms with Gasteiger partial charge in [0, 0.05) is 22.3 Å². The molecule has 1 aliphatic carbocycles. The van der Waals surface area contributed by atoms with Crippen molar-refractivity contribution in [2.24, 2.45) is 0 Å². The van der Waals surface area contributed by atoms with Crippen molar-refractivity contribution in [1.82, 2.24) is 15.0 Å². The second kappa shape index (κ2) is 14.3. The summed E-state index contributed by atoms with van der Waals surface area (Å²) in [6, 6.07) is 80.1. The van der Waals surface area contributed by atoms with E-state index in [2.05, 4.69) is 200 Å². The van der Waals surface area contributed by atoms with Crippen molar-refractivity contribution < 1.29 is 0 Å². The summed E-state index contributed by atoms with van der Waals surface area (Å²) < 4.78 is 0. The van der Waals surface area contributed by atoms with Gasteiger partial charge in [-0.1, -0.05) is 212 Å². The first-order chi connectivity index (χ1) is 29.3. The van der Waals surface area contributed by atoms with Crippen LogP contribution in [0.5, 0.6) is 0 Å². The molecule has 3 nitrogen and oxygen atoms in total. The van der Waals surface area contributed by atoms with Gasteiger partial charge in [-0.2, -0.15) is 0 Å². The molecule has 1 aromatic heterocycles. The van der Waals surface area contributed by atoms with E-state index in [0.29, 0.717) is 17.5 Å². The number of hydrogen-bond acceptors (Lipinski definition) is 3. The average Bonchev–Trinajstić information content (AvgIpc) is 3.62. The Kier molecular flexibility index (Phi) is 8.37. The summed E-state index contributed by atoms with van der Waals surface area (Å²) in [5, 5.41) is 2.29. The van der Waals surface area contributed by atoms with Gasteiger partial charge < -0.3 is 0 Å². The first-order valence-corrected chi connectivity index (χ1v) is 20.1. The largest absolute Gasteiger partial charge is 0.208 e. The normalized spacial score (nSPS) is 12.5. The summed E-state index contributed by atoms with van der Waals surface area (Å²) in [6.45, 7) is 0. The fraction of sp³-hybridized carbons (Fsp3) is 0.0179. The molecule has 59 heavy (non-hydrogen) atoms. The molecule has 0 amide bonds. The zero-order valence-electron chi connectivity index (χ0n) is 32.2. The topological polar surface area (TPSA) is 38.7 Å². The van der Waals surface area contributed by atoms with Crippen LogP contribution in [-0.2, 0) is 5.41 Å². The van der Waals surface area contributed by atoms with Crippen molar-refractivity contribution in [2.45, 2.75) is 5.41 Å². The van der Waals surface area contributed by atoms with Gasteiger partial charge in [0.25, 0.3) is 0 Å². The molecule has 0 radical (unpaired) electrons. The van der Waals surface area contributed by atoms with E-state index in [1.165, 1.54) is 38.9 Å². The van der Waals surface area contributed by atoms with Crippen molar-refractivity contribution in [2.75, 3.05) is 0 Å². The van der Waals surface area contributed by atoms with Crippen molar-refractivity contribution in [1.29, 1.82) is 0 Å². The maximum absolute atomic E-state index is 5.30. The Hall–Kier alpha value is -7.75. The smallest absolute Gasteiger partial charge is 0.164 e.